The second-order valence-electron chi connectivity index (χ2n) is 16.8. The van der Waals surface area contributed by atoms with Crippen LogP contribution in [-0.2, 0) is 28.5 Å². The molecule has 0 radical (unpaired) electrons. The molecule has 0 amide bonds. The topological polar surface area (TPSA) is 157 Å². The number of esters is 2. The predicted octanol–water partition coefficient (Wildman–Crippen LogP) is 5.39. The first-order chi connectivity index (χ1) is 25.4. The number of ether oxygens (including phenoxy) is 5. The van der Waals surface area contributed by atoms with Crippen molar-refractivity contribution in [3.8, 4) is 0 Å². The Bertz CT molecular complexity index is 1530. The number of methoxy groups -OCH3 is 1. The summed E-state index contributed by atoms with van der Waals surface area (Å²) >= 11 is 0. The molecule has 1 aromatic heterocycles. The van der Waals surface area contributed by atoms with Crippen LogP contribution < -0.4 is 0 Å². The molecule has 2 aromatic rings. The number of carbonyl (C=O) groups excluding carboxylic acids is 2. The first kappa shape index (κ1) is 44.0. The molecule has 1 unspecified atom stereocenters. The molecular formula is C42H66N2O10. The first-order valence-electron chi connectivity index (χ1n) is 19.7. The van der Waals surface area contributed by atoms with Gasteiger partial charge < -0.3 is 43.9 Å². The Balaban J connectivity index is 1.65. The highest BCUT2D eigenvalue weighted by atomic mass is 16.7. The van der Waals surface area contributed by atoms with Crippen molar-refractivity contribution in [2.45, 2.75) is 142 Å². The number of aliphatic hydroxyl groups is 3. The van der Waals surface area contributed by atoms with Gasteiger partial charge in [0.05, 0.1) is 47.5 Å². The summed E-state index contributed by atoms with van der Waals surface area (Å²) in [6.07, 6.45) is -1.07. The number of para-hydroxylation sites is 1. The summed E-state index contributed by atoms with van der Waals surface area (Å²) < 4.78 is 31.1. The number of fused-ring (bicyclic) bond motifs is 1. The highest BCUT2D eigenvalue weighted by Gasteiger charge is 2.50. The fourth-order valence-electron chi connectivity index (χ4n) is 9.17. The van der Waals surface area contributed by atoms with Crippen LogP contribution in [0.4, 0.5) is 0 Å². The number of carbonyl (C=O) groups is 2. The van der Waals surface area contributed by atoms with E-state index in [0.29, 0.717) is 48.6 Å². The number of benzene rings is 1. The van der Waals surface area contributed by atoms with Gasteiger partial charge >= 0.3 is 11.9 Å². The van der Waals surface area contributed by atoms with Gasteiger partial charge in [-0.25, -0.2) is 4.79 Å². The largest absolute Gasteiger partial charge is 0.462 e. The van der Waals surface area contributed by atoms with Crippen LogP contribution in [0.3, 0.4) is 0 Å². The molecule has 2 fully saturated rings. The standard InChI is InChI=1S/C42H66N2O10/c1-12-34-42(8,49)31(18-20-51-39(48)30-17-19-43-32-16-14-13-15-29(30)32)25(3)21-24(2)23-41(7,50-11)37(27(5)35(45)28(6)38(47)53-34)54-40-36(46)33(44(9)10)22-26(4)52-40/h13-17,19,24-28,31,33-37,40,45-46,49H,12,18,20-23H2,1-11H3/t24-,25?,26+,27+,28+,31-,33-,34+,35-,36+,37+,40-,41+,42-/m0/s1. The van der Waals surface area contributed by atoms with Crippen molar-refractivity contribution in [3.63, 3.8) is 0 Å². The van der Waals surface area contributed by atoms with Crippen LogP contribution in [-0.4, -0.2) is 119 Å². The SMILES string of the molecule is CC[C@H]1OC(=O)[C@H](C)[C@@H](O)[C@@H](C)[C@@H](O[C@@H]2O[C@H](C)C[C@H](N(C)C)[C@H]2O)[C@](C)(OC)C[C@@H](C)CC(C)[C@H](CCOC(=O)c2ccnc3ccccc23)[C@]1(C)O. The van der Waals surface area contributed by atoms with E-state index in [1.165, 1.54) is 0 Å². The van der Waals surface area contributed by atoms with Gasteiger partial charge in [0.25, 0.3) is 0 Å². The van der Waals surface area contributed by atoms with Gasteiger partial charge in [0.2, 0.25) is 0 Å². The van der Waals surface area contributed by atoms with Crippen LogP contribution in [0.25, 0.3) is 10.9 Å². The van der Waals surface area contributed by atoms with Crippen molar-refractivity contribution in [2.75, 3.05) is 27.8 Å². The molecule has 2 saturated heterocycles. The van der Waals surface area contributed by atoms with Crippen LogP contribution >= 0.6 is 0 Å². The van der Waals surface area contributed by atoms with Crippen LogP contribution in [0.1, 0.15) is 97.9 Å². The Labute approximate surface area is 321 Å². The fourth-order valence-corrected chi connectivity index (χ4v) is 9.17. The lowest BCUT2D eigenvalue weighted by Gasteiger charge is -2.48. The van der Waals surface area contributed by atoms with E-state index in [1.807, 2.05) is 71.0 Å². The predicted molar refractivity (Wildman–Crippen MR) is 206 cm³/mol. The zero-order valence-corrected chi connectivity index (χ0v) is 34.2. The molecule has 0 saturated carbocycles. The maximum atomic E-state index is 13.8. The third-order valence-corrected chi connectivity index (χ3v) is 12.3. The second kappa shape index (κ2) is 18.5. The van der Waals surface area contributed by atoms with Gasteiger partial charge in [-0.2, -0.15) is 0 Å². The number of hydrogen-bond donors (Lipinski definition) is 3. The highest BCUT2D eigenvalue weighted by Crippen LogP contribution is 2.42. The van der Waals surface area contributed by atoms with Crippen LogP contribution in [0.5, 0.6) is 0 Å². The molecule has 0 spiro atoms. The summed E-state index contributed by atoms with van der Waals surface area (Å²) in [5.41, 5.74) is -1.38. The normalized spacial score (nSPS) is 38.8. The maximum Gasteiger partial charge on any atom is 0.338 e. The number of likely N-dealkylation sites (N-methyl/N-ethyl adjacent to an activating group) is 1. The maximum absolute atomic E-state index is 13.8. The van der Waals surface area contributed by atoms with Gasteiger partial charge in [0.1, 0.15) is 17.8 Å². The smallest absolute Gasteiger partial charge is 0.338 e. The molecule has 12 heteroatoms. The number of nitrogens with zero attached hydrogens (tertiary/aromatic N) is 2. The van der Waals surface area contributed by atoms with Crippen LogP contribution in [0.2, 0.25) is 0 Å². The van der Waals surface area contributed by atoms with E-state index >= 15 is 0 Å². The molecule has 54 heavy (non-hydrogen) atoms. The summed E-state index contributed by atoms with van der Waals surface area (Å²) in [6.45, 7) is 15.1. The number of aromatic nitrogens is 1. The molecule has 3 heterocycles. The zero-order valence-electron chi connectivity index (χ0n) is 34.2. The molecule has 14 atom stereocenters. The number of pyridine rings is 1. The summed E-state index contributed by atoms with van der Waals surface area (Å²) in [6, 6.07) is 8.81. The minimum Gasteiger partial charge on any atom is -0.462 e. The number of aliphatic hydroxyl groups excluding tert-OH is 2. The molecule has 0 aliphatic carbocycles. The van der Waals surface area contributed by atoms with Crippen LogP contribution in [0, 0.1) is 29.6 Å². The van der Waals surface area contributed by atoms with Gasteiger partial charge in [0.15, 0.2) is 6.29 Å². The van der Waals surface area contributed by atoms with Crippen molar-refractivity contribution in [1.82, 2.24) is 9.88 Å². The highest BCUT2D eigenvalue weighted by molar-refractivity contribution is 6.03. The lowest BCUT2D eigenvalue weighted by atomic mass is 9.70. The Hall–Kier alpha value is -2.71. The average molecular weight is 759 g/mol. The van der Waals surface area contributed by atoms with Crippen molar-refractivity contribution in [3.05, 3.63) is 42.1 Å². The molecule has 3 N–H and O–H groups in total. The zero-order chi connectivity index (χ0) is 40.1. The Morgan fingerprint density at radius 1 is 1.04 bits per heavy atom. The lowest BCUT2D eigenvalue weighted by molar-refractivity contribution is -0.301. The number of hydrogen-bond acceptors (Lipinski definition) is 12. The minimum absolute atomic E-state index is 0.0260. The third kappa shape index (κ3) is 9.80. The fraction of sp³-hybridized carbons (Fsp3) is 0.738. The Morgan fingerprint density at radius 3 is 2.37 bits per heavy atom. The summed E-state index contributed by atoms with van der Waals surface area (Å²) in [7, 11) is 5.43. The molecule has 304 valence electrons. The Morgan fingerprint density at radius 2 is 1.72 bits per heavy atom. The van der Waals surface area contributed by atoms with E-state index in [4.69, 9.17) is 23.7 Å². The third-order valence-electron chi connectivity index (χ3n) is 12.3. The average Bonchev–Trinajstić information content (AvgIpc) is 3.13. The molecule has 0 bridgehead atoms. The van der Waals surface area contributed by atoms with Crippen molar-refractivity contribution in [1.29, 1.82) is 0 Å². The van der Waals surface area contributed by atoms with E-state index in [9.17, 15) is 24.9 Å². The van der Waals surface area contributed by atoms with E-state index in [2.05, 4.69) is 18.8 Å². The Kier molecular flexibility index (Phi) is 15.1. The van der Waals surface area contributed by atoms with Crippen molar-refractivity contribution in [2.24, 2.45) is 29.6 Å². The second-order valence-corrected chi connectivity index (χ2v) is 16.8. The summed E-state index contributed by atoms with van der Waals surface area (Å²) in [5.74, 6) is -3.31. The van der Waals surface area contributed by atoms with E-state index in [1.54, 1.807) is 33.2 Å². The lowest BCUT2D eigenvalue weighted by Crippen LogP contribution is -2.59. The summed E-state index contributed by atoms with van der Waals surface area (Å²) in [5, 5.41) is 36.3. The van der Waals surface area contributed by atoms with E-state index in [-0.39, 0.29) is 30.6 Å². The first-order valence-corrected chi connectivity index (χ1v) is 19.7. The van der Waals surface area contributed by atoms with Crippen molar-refractivity contribution >= 4 is 22.8 Å². The van der Waals surface area contributed by atoms with Crippen molar-refractivity contribution < 1.29 is 48.6 Å². The molecule has 1 aromatic carbocycles. The van der Waals surface area contributed by atoms with Gasteiger partial charge in [-0.1, -0.05) is 45.9 Å². The molecule has 2 aliphatic rings. The molecule has 4 rings (SSSR count). The van der Waals surface area contributed by atoms with Gasteiger partial charge in [-0.05, 0) is 104 Å². The number of cyclic esters (lactones) is 1. The van der Waals surface area contributed by atoms with Gasteiger partial charge in [0, 0.05) is 30.7 Å². The molecular weight excluding hydrogens is 692 g/mol. The van der Waals surface area contributed by atoms with Crippen LogP contribution in [0.15, 0.2) is 36.5 Å². The van der Waals surface area contributed by atoms with Gasteiger partial charge in [-0.3, -0.25) is 9.78 Å². The molecule has 2 aliphatic heterocycles. The van der Waals surface area contributed by atoms with Gasteiger partial charge in [-0.15, -0.1) is 0 Å². The summed E-state index contributed by atoms with van der Waals surface area (Å²) in [4.78, 5) is 33.5. The molecule has 12 nitrogen and oxygen atoms in total. The minimum atomic E-state index is -1.50. The monoisotopic (exact) mass is 758 g/mol. The number of rotatable bonds is 9. The van der Waals surface area contributed by atoms with E-state index in [0.717, 1.165) is 0 Å². The quantitative estimate of drug-likeness (QED) is 0.281. The van der Waals surface area contributed by atoms with E-state index < -0.39 is 71.6 Å².